The number of nitrogens with zero attached hydrogens (tertiary/aromatic N) is 1. The zero-order valence-corrected chi connectivity index (χ0v) is 10.0. The van der Waals surface area contributed by atoms with Crippen molar-refractivity contribution >= 4 is 11.8 Å². The van der Waals surface area contributed by atoms with Gasteiger partial charge >= 0.3 is 5.97 Å². The third kappa shape index (κ3) is 3.86. The molecule has 5 heteroatoms. The Hall–Kier alpha value is -1.91. The van der Waals surface area contributed by atoms with E-state index in [0.29, 0.717) is 5.49 Å². The molecule has 1 rings (SSSR count). The van der Waals surface area contributed by atoms with E-state index in [-0.39, 0.29) is 25.2 Å². The van der Waals surface area contributed by atoms with Gasteiger partial charge in [0.1, 0.15) is 5.49 Å². The molecule has 0 fully saturated rings. The molecule has 0 unspecified atom stereocenters. The molecule has 0 amide bonds. The second-order valence-corrected chi connectivity index (χ2v) is 3.78. The Morgan fingerprint density at radius 2 is 2.12 bits per heavy atom. The highest BCUT2D eigenvalue weighted by Crippen LogP contribution is 1.96. The van der Waals surface area contributed by atoms with E-state index in [1.54, 1.807) is 16.8 Å². The number of carbonyl (C=O) groups is 2. The van der Waals surface area contributed by atoms with Crippen LogP contribution in [0, 0.1) is 12.3 Å². The first-order chi connectivity index (χ1) is 8.04. The van der Waals surface area contributed by atoms with Gasteiger partial charge in [0.2, 0.25) is 0 Å². The molecule has 0 bridgehead atoms. The van der Waals surface area contributed by atoms with E-state index in [4.69, 9.17) is 5.41 Å². The van der Waals surface area contributed by atoms with Gasteiger partial charge in [0.05, 0.1) is 20.1 Å². The Morgan fingerprint density at radius 3 is 2.76 bits per heavy atom. The molecule has 1 aromatic heterocycles. The topological polar surface area (TPSA) is 72.2 Å². The van der Waals surface area contributed by atoms with E-state index >= 15 is 0 Å². The molecule has 0 spiro atoms. The zero-order valence-electron chi connectivity index (χ0n) is 10.0. The molecule has 0 atom stereocenters. The summed E-state index contributed by atoms with van der Waals surface area (Å²) >= 11 is 0. The number of Topliss-reactive ketones (excluding diaryl/α,β-unsaturated/α-hetero) is 1. The summed E-state index contributed by atoms with van der Waals surface area (Å²) in [5.41, 5.74) is 1.13. The first-order valence-electron chi connectivity index (χ1n) is 5.33. The third-order valence-corrected chi connectivity index (χ3v) is 2.46. The number of ether oxygens (including phenoxy) is 1. The lowest BCUT2D eigenvalue weighted by Gasteiger charge is -2.07. The second kappa shape index (κ2) is 5.98. The molecule has 0 saturated carbocycles. The van der Waals surface area contributed by atoms with Crippen molar-refractivity contribution in [1.82, 2.24) is 4.57 Å². The molecular weight excluding hydrogens is 220 g/mol. The fraction of sp³-hybridized carbons (Fsp3) is 0.417. The van der Waals surface area contributed by atoms with Gasteiger partial charge in [0.15, 0.2) is 5.78 Å². The number of carbonyl (C=O) groups excluding carboxylic acids is 2. The average Bonchev–Trinajstić information content (AvgIpc) is 2.32. The fourth-order valence-corrected chi connectivity index (χ4v) is 1.42. The van der Waals surface area contributed by atoms with Gasteiger partial charge < -0.3 is 9.30 Å². The van der Waals surface area contributed by atoms with Crippen LogP contribution in [0.25, 0.3) is 0 Å². The third-order valence-electron chi connectivity index (χ3n) is 2.46. The van der Waals surface area contributed by atoms with Crippen LogP contribution in [0.15, 0.2) is 18.3 Å². The van der Waals surface area contributed by atoms with E-state index in [1.807, 2.05) is 13.0 Å². The number of esters is 1. The van der Waals surface area contributed by atoms with Crippen molar-refractivity contribution in [3.05, 3.63) is 29.4 Å². The molecule has 0 aromatic carbocycles. The smallest absolute Gasteiger partial charge is 0.305 e. The molecule has 0 aliphatic carbocycles. The van der Waals surface area contributed by atoms with Gasteiger partial charge in [0, 0.05) is 12.6 Å². The van der Waals surface area contributed by atoms with Gasteiger partial charge in [-0.15, -0.1) is 0 Å². The molecule has 1 aromatic rings. The maximum Gasteiger partial charge on any atom is 0.305 e. The molecule has 0 aliphatic heterocycles. The van der Waals surface area contributed by atoms with Crippen LogP contribution in [0.4, 0.5) is 0 Å². The number of ketones is 1. The number of aromatic nitrogens is 1. The largest absolute Gasteiger partial charge is 0.469 e. The summed E-state index contributed by atoms with van der Waals surface area (Å²) in [5, 5.41) is 7.76. The monoisotopic (exact) mass is 236 g/mol. The van der Waals surface area contributed by atoms with Crippen LogP contribution in [0.3, 0.4) is 0 Å². The summed E-state index contributed by atoms with van der Waals surface area (Å²) in [6.07, 6.45) is 1.92. The van der Waals surface area contributed by atoms with Gasteiger partial charge in [-0.25, -0.2) is 0 Å². The maximum absolute atomic E-state index is 11.6. The highest BCUT2D eigenvalue weighted by Gasteiger charge is 2.08. The Bertz CT molecular complexity index is 477. The van der Waals surface area contributed by atoms with Gasteiger partial charge in [-0.05, 0) is 18.6 Å². The van der Waals surface area contributed by atoms with E-state index < -0.39 is 5.97 Å². The molecule has 1 heterocycles. The molecule has 92 valence electrons. The molecule has 0 radical (unpaired) electrons. The molecule has 5 nitrogen and oxygen atoms in total. The number of aryl methyl sites for hydroxylation is 1. The van der Waals surface area contributed by atoms with Crippen molar-refractivity contribution in [3.8, 4) is 0 Å². The van der Waals surface area contributed by atoms with Gasteiger partial charge in [0.25, 0.3) is 0 Å². The van der Waals surface area contributed by atoms with Crippen LogP contribution in [0.2, 0.25) is 0 Å². The van der Waals surface area contributed by atoms with E-state index in [9.17, 15) is 9.59 Å². The van der Waals surface area contributed by atoms with Gasteiger partial charge in [-0.1, -0.05) is 6.07 Å². The van der Waals surface area contributed by atoms with Crippen LogP contribution in [-0.2, 0) is 20.9 Å². The summed E-state index contributed by atoms with van der Waals surface area (Å²) in [5.74, 6) is -0.474. The van der Waals surface area contributed by atoms with E-state index in [2.05, 4.69) is 4.74 Å². The van der Waals surface area contributed by atoms with Crippen LogP contribution < -0.4 is 5.49 Å². The average molecular weight is 236 g/mol. The summed E-state index contributed by atoms with van der Waals surface area (Å²) in [6.45, 7) is 1.94. The molecule has 0 aliphatic rings. The minimum Gasteiger partial charge on any atom is -0.469 e. The van der Waals surface area contributed by atoms with Crippen LogP contribution >= 0.6 is 0 Å². The van der Waals surface area contributed by atoms with Crippen molar-refractivity contribution in [2.75, 3.05) is 7.11 Å². The lowest BCUT2D eigenvalue weighted by molar-refractivity contribution is -0.142. The Morgan fingerprint density at radius 1 is 1.41 bits per heavy atom. The molecule has 17 heavy (non-hydrogen) atoms. The zero-order chi connectivity index (χ0) is 12.8. The Balaban J connectivity index is 2.60. The number of pyridine rings is 1. The van der Waals surface area contributed by atoms with Crippen molar-refractivity contribution in [3.63, 3.8) is 0 Å². The van der Waals surface area contributed by atoms with Crippen molar-refractivity contribution in [2.45, 2.75) is 26.3 Å². The van der Waals surface area contributed by atoms with Crippen LogP contribution in [-0.4, -0.2) is 23.4 Å². The number of methoxy groups -OCH3 is 1. The van der Waals surface area contributed by atoms with E-state index in [0.717, 1.165) is 5.56 Å². The highest BCUT2D eigenvalue weighted by molar-refractivity contribution is 5.82. The summed E-state index contributed by atoms with van der Waals surface area (Å²) in [4.78, 5) is 22.5. The summed E-state index contributed by atoms with van der Waals surface area (Å²) < 4.78 is 6.02. The molecular formula is C12H16N2O3. The van der Waals surface area contributed by atoms with Crippen molar-refractivity contribution in [2.24, 2.45) is 0 Å². The maximum atomic E-state index is 11.6. The number of hydrogen-bond acceptors (Lipinski definition) is 4. The number of rotatable bonds is 5. The van der Waals surface area contributed by atoms with E-state index in [1.165, 1.54) is 7.11 Å². The first-order valence-corrected chi connectivity index (χ1v) is 5.33. The Kier molecular flexibility index (Phi) is 4.63. The predicted molar refractivity (Wildman–Crippen MR) is 61.3 cm³/mol. The van der Waals surface area contributed by atoms with Crippen molar-refractivity contribution < 1.29 is 14.3 Å². The van der Waals surface area contributed by atoms with Crippen molar-refractivity contribution in [1.29, 1.82) is 5.41 Å². The van der Waals surface area contributed by atoms with Crippen LogP contribution in [0.5, 0.6) is 0 Å². The van der Waals surface area contributed by atoms with Crippen LogP contribution in [0.1, 0.15) is 18.4 Å². The summed E-state index contributed by atoms with van der Waals surface area (Å²) in [6, 6.07) is 3.61. The normalized spacial score (nSPS) is 10.0. The minimum absolute atomic E-state index is 0.0838. The first kappa shape index (κ1) is 13.2. The minimum atomic E-state index is -0.390. The molecule has 0 saturated heterocycles. The van der Waals surface area contributed by atoms with Gasteiger partial charge in [-0.3, -0.25) is 15.0 Å². The number of hydrogen-bond donors (Lipinski definition) is 1. The highest BCUT2D eigenvalue weighted by atomic mass is 16.5. The lowest BCUT2D eigenvalue weighted by atomic mass is 10.2. The SMILES string of the molecule is COC(=O)CCC(=O)Cn1cccc(C)c1=N. The lowest BCUT2D eigenvalue weighted by Crippen LogP contribution is -2.25. The fourth-order valence-electron chi connectivity index (χ4n) is 1.42. The molecule has 1 N–H and O–H groups in total. The predicted octanol–water partition coefficient (Wildman–Crippen LogP) is 0.798. The quantitative estimate of drug-likeness (QED) is 0.768. The Labute approximate surface area is 99.5 Å². The standard InChI is InChI=1S/C12H16N2O3/c1-9-4-3-7-14(12(9)13)8-10(15)5-6-11(16)17-2/h3-4,7,13H,5-6,8H2,1-2H3. The summed E-state index contributed by atoms with van der Waals surface area (Å²) in [7, 11) is 1.30. The second-order valence-electron chi connectivity index (χ2n) is 3.78. The number of nitrogens with one attached hydrogen (secondary N) is 1. The van der Waals surface area contributed by atoms with Gasteiger partial charge in [-0.2, -0.15) is 0 Å².